The zero-order chi connectivity index (χ0) is 16.9. The Hall–Kier alpha value is -2.53. The first kappa shape index (κ1) is 16.3. The van der Waals surface area contributed by atoms with Gasteiger partial charge in [-0.2, -0.15) is 0 Å². The second kappa shape index (κ2) is 7.36. The number of aromatic nitrogens is 2. The van der Waals surface area contributed by atoms with E-state index in [0.29, 0.717) is 24.6 Å². The van der Waals surface area contributed by atoms with Crippen LogP contribution >= 0.6 is 11.6 Å². The Morgan fingerprint density at radius 1 is 1.25 bits per heavy atom. The molecule has 5 nitrogen and oxygen atoms in total. The van der Waals surface area contributed by atoms with Crippen molar-refractivity contribution in [3.63, 3.8) is 0 Å². The molecule has 1 N–H and O–H groups in total. The van der Waals surface area contributed by atoms with Gasteiger partial charge >= 0.3 is 0 Å². The summed E-state index contributed by atoms with van der Waals surface area (Å²) in [5.41, 5.74) is 1.92. The number of ether oxygens (including phenoxy) is 1. The Morgan fingerprint density at radius 3 is 2.75 bits per heavy atom. The molecule has 1 amide bonds. The van der Waals surface area contributed by atoms with Crippen LogP contribution in [0.2, 0.25) is 5.02 Å². The SMILES string of the molecule is C[C@@H](NC=O)c1nc2ccccc2n1CCOc1ccc(Cl)cc1. The average molecular weight is 344 g/mol. The van der Waals surface area contributed by atoms with Crippen molar-refractivity contribution in [2.75, 3.05) is 6.61 Å². The lowest BCUT2D eigenvalue weighted by Gasteiger charge is -2.14. The van der Waals surface area contributed by atoms with Gasteiger partial charge in [-0.1, -0.05) is 23.7 Å². The topological polar surface area (TPSA) is 56.2 Å². The number of carbonyl (C=O) groups is 1. The second-order valence-corrected chi connectivity index (χ2v) is 5.86. The largest absolute Gasteiger partial charge is 0.492 e. The zero-order valence-corrected chi connectivity index (χ0v) is 14.0. The number of carbonyl (C=O) groups excluding carboxylic acids is 1. The lowest BCUT2D eigenvalue weighted by atomic mass is 10.3. The van der Waals surface area contributed by atoms with Crippen LogP contribution in [0.15, 0.2) is 48.5 Å². The molecular formula is C18H18ClN3O2. The van der Waals surface area contributed by atoms with Crippen molar-refractivity contribution < 1.29 is 9.53 Å². The van der Waals surface area contributed by atoms with Crippen LogP contribution in [-0.4, -0.2) is 22.6 Å². The number of para-hydroxylation sites is 2. The molecule has 1 aromatic heterocycles. The van der Waals surface area contributed by atoms with Crippen LogP contribution < -0.4 is 10.1 Å². The number of amides is 1. The molecular weight excluding hydrogens is 326 g/mol. The van der Waals surface area contributed by atoms with Gasteiger partial charge in [0.25, 0.3) is 0 Å². The van der Waals surface area contributed by atoms with E-state index in [1.54, 1.807) is 12.1 Å². The highest BCUT2D eigenvalue weighted by Crippen LogP contribution is 2.21. The molecule has 0 aliphatic rings. The van der Waals surface area contributed by atoms with Gasteiger partial charge in [0, 0.05) is 5.02 Å². The van der Waals surface area contributed by atoms with Crippen molar-refractivity contribution in [3.05, 3.63) is 59.4 Å². The molecule has 24 heavy (non-hydrogen) atoms. The van der Waals surface area contributed by atoms with E-state index in [2.05, 4.69) is 14.9 Å². The highest BCUT2D eigenvalue weighted by molar-refractivity contribution is 6.30. The quantitative estimate of drug-likeness (QED) is 0.667. The van der Waals surface area contributed by atoms with Crippen molar-refractivity contribution in [3.8, 4) is 5.75 Å². The molecule has 0 saturated carbocycles. The van der Waals surface area contributed by atoms with Crippen molar-refractivity contribution in [1.29, 1.82) is 0 Å². The molecule has 0 radical (unpaired) electrons. The molecule has 6 heteroatoms. The normalized spacial score (nSPS) is 12.1. The first-order valence-electron chi connectivity index (χ1n) is 7.72. The van der Waals surface area contributed by atoms with Gasteiger partial charge in [-0.15, -0.1) is 0 Å². The predicted molar refractivity (Wildman–Crippen MR) is 94.3 cm³/mol. The summed E-state index contributed by atoms with van der Waals surface area (Å²) in [6, 6.07) is 15.0. The number of nitrogens with zero attached hydrogens (tertiary/aromatic N) is 2. The number of fused-ring (bicyclic) bond motifs is 1. The van der Waals surface area contributed by atoms with Crippen LogP contribution in [0.4, 0.5) is 0 Å². The third-order valence-corrected chi connectivity index (χ3v) is 4.04. The summed E-state index contributed by atoms with van der Waals surface area (Å²) in [7, 11) is 0. The van der Waals surface area contributed by atoms with Crippen LogP contribution in [0.5, 0.6) is 5.75 Å². The Morgan fingerprint density at radius 2 is 2.00 bits per heavy atom. The monoisotopic (exact) mass is 343 g/mol. The van der Waals surface area contributed by atoms with Crippen molar-refractivity contribution in [2.24, 2.45) is 0 Å². The van der Waals surface area contributed by atoms with E-state index in [9.17, 15) is 4.79 Å². The molecule has 3 rings (SSSR count). The minimum absolute atomic E-state index is 0.176. The summed E-state index contributed by atoms with van der Waals surface area (Å²) in [5, 5.41) is 3.44. The van der Waals surface area contributed by atoms with Crippen molar-refractivity contribution in [1.82, 2.24) is 14.9 Å². The number of rotatable bonds is 7. The van der Waals surface area contributed by atoms with E-state index in [1.807, 2.05) is 43.3 Å². The summed E-state index contributed by atoms with van der Waals surface area (Å²) in [4.78, 5) is 15.4. The van der Waals surface area contributed by atoms with Crippen LogP contribution in [-0.2, 0) is 11.3 Å². The Kier molecular flexibility index (Phi) is 5.01. The number of hydrogen-bond donors (Lipinski definition) is 1. The molecule has 0 aliphatic heterocycles. The number of halogens is 1. The Bertz CT molecular complexity index is 830. The Labute approximate surface area is 145 Å². The minimum atomic E-state index is -0.176. The molecule has 0 unspecified atom stereocenters. The summed E-state index contributed by atoms with van der Waals surface area (Å²) >= 11 is 5.87. The van der Waals surface area contributed by atoms with Crippen LogP contribution in [0, 0.1) is 0 Å². The van der Waals surface area contributed by atoms with E-state index in [-0.39, 0.29) is 6.04 Å². The highest BCUT2D eigenvalue weighted by Gasteiger charge is 2.15. The van der Waals surface area contributed by atoms with E-state index >= 15 is 0 Å². The summed E-state index contributed by atoms with van der Waals surface area (Å²) in [6.07, 6.45) is 0.693. The standard InChI is InChI=1S/C18H18ClN3O2/c1-13(20-12-23)18-21-16-4-2-3-5-17(16)22(18)10-11-24-15-8-6-14(19)7-9-15/h2-9,12-13H,10-11H2,1H3,(H,20,23)/t13-/m1/s1. The van der Waals surface area contributed by atoms with Crippen LogP contribution in [0.25, 0.3) is 11.0 Å². The number of nitrogens with one attached hydrogen (secondary N) is 1. The number of benzene rings is 2. The summed E-state index contributed by atoms with van der Waals surface area (Å²) < 4.78 is 7.86. The third-order valence-electron chi connectivity index (χ3n) is 3.79. The molecule has 0 fully saturated rings. The fraction of sp³-hybridized carbons (Fsp3) is 0.222. The van der Waals surface area contributed by atoms with Gasteiger partial charge in [0.15, 0.2) is 0 Å². The molecule has 1 heterocycles. The third kappa shape index (κ3) is 3.51. The molecule has 3 aromatic rings. The van der Waals surface area contributed by atoms with Gasteiger partial charge in [-0.25, -0.2) is 4.98 Å². The smallest absolute Gasteiger partial charge is 0.207 e. The predicted octanol–water partition coefficient (Wildman–Crippen LogP) is 3.58. The van der Waals surface area contributed by atoms with E-state index in [1.165, 1.54) is 0 Å². The molecule has 0 spiro atoms. The molecule has 0 bridgehead atoms. The maximum Gasteiger partial charge on any atom is 0.207 e. The molecule has 1 atom stereocenters. The van der Waals surface area contributed by atoms with E-state index in [0.717, 1.165) is 22.6 Å². The van der Waals surface area contributed by atoms with Crippen LogP contribution in [0.1, 0.15) is 18.8 Å². The minimum Gasteiger partial charge on any atom is -0.492 e. The molecule has 0 aliphatic carbocycles. The first-order valence-corrected chi connectivity index (χ1v) is 8.10. The maximum atomic E-state index is 10.8. The molecule has 2 aromatic carbocycles. The van der Waals surface area contributed by atoms with Crippen molar-refractivity contribution >= 4 is 29.0 Å². The molecule has 124 valence electrons. The summed E-state index contributed by atoms with van der Waals surface area (Å²) in [5.74, 6) is 1.58. The lowest BCUT2D eigenvalue weighted by molar-refractivity contribution is -0.110. The van der Waals surface area contributed by atoms with Gasteiger partial charge in [-0.05, 0) is 43.3 Å². The van der Waals surface area contributed by atoms with Gasteiger partial charge in [0.05, 0.1) is 23.6 Å². The van der Waals surface area contributed by atoms with Gasteiger partial charge in [0.2, 0.25) is 6.41 Å². The molecule has 0 saturated heterocycles. The lowest BCUT2D eigenvalue weighted by Crippen LogP contribution is -2.21. The van der Waals surface area contributed by atoms with E-state index < -0.39 is 0 Å². The number of imidazole rings is 1. The van der Waals surface area contributed by atoms with Gasteiger partial charge in [-0.3, -0.25) is 4.79 Å². The fourth-order valence-corrected chi connectivity index (χ4v) is 2.75. The zero-order valence-electron chi connectivity index (χ0n) is 13.3. The number of hydrogen-bond acceptors (Lipinski definition) is 3. The van der Waals surface area contributed by atoms with E-state index in [4.69, 9.17) is 16.3 Å². The second-order valence-electron chi connectivity index (χ2n) is 5.42. The van der Waals surface area contributed by atoms with Crippen molar-refractivity contribution in [2.45, 2.75) is 19.5 Å². The first-order chi connectivity index (χ1) is 11.7. The summed E-state index contributed by atoms with van der Waals surface area (Å²) in [6.45, 7) is 3.03. The average Bonchev–Trinajstić information content (AvgIpc) is 2.96. The van der Waals surface area contributed by atoms with Gasteiger partial charge in [0.1, 0.15) is 18.2 Å². The highest BCUT2D eigenvalue weighted by atomic mass is 35.5. The van der Waals surface area contributed by atoms with Gasteiger partial charge < -0.3 is 14.6 Å². The Balaban J connectivity index is 1.80. The maximum absolute atomic E-state index is 10.8. The fourth-order valence-electron chi connectivity index (χ4n) is 2.62. The van der Waals surface area contributed by atoms with Crippen LogP contribution in [0.3, 0.4) is 0 Å².